The lowest BCUT2D eigenvalue weighted by Crippen LogP contribution is -2.76. The quantitative estimate of drug-likeness (QED) is 0.201. The van der Waals surface area contributed by atoms with Crippen LogP contribution in [0.4, 0.5) is 0 Å². The molecule has 19 heavy (non-hydrogen) atoms. The molecule has 0 rings (SSSR count). The maximum atomic E-state index is 11.7. The van der Waals surface area contributed by atoms with Crippen LogP contribution in [0.1, 0.15) is 13.3 Å². The van der Waals surface area contributed by atoms with Crippen molar-refractivity contribution in [3.8, 4) is 0 Å². The third kappa shape index (κ3) is 10.5. The molecule has 0 aromatic rings. The predicted molar refractivity (Wildman–Crippen MR) is 77.2 cm³/mol. The third-order valence-electron chi connectivity index (χ3n) is 2.64. The number of aliphatic hydroxyl groups excluding tert-OH is 1. The molecule has 0 radical (unpaired) electrons. The number of hydrogen-bond donors (Lipinski definition) is 3. The molecule has 3 N–H and O–H groups in total. The zero-order valence-electron chi connectivity index (χ0n) is 13.0. The highest BCUT2D eigenvalue weighted by Crippen LogP contribution is 1.97. The number of nitrogens with one attached hydrogen (secondary N) is 2. The number of amides is 1. The van der Waals surface area contributed by atoms with Gasteiger partial charge in [-0.1, -0.05) is 6.92 Å². The lowest BCUT2D eigenvalue weighted by atomic mass is 10.3. The molecule has 0 aliphatic carbocycles. The normalized spacial score (nSPS) is 12.8. The van der Waals surface area contributed by atoms with Crippen LogP contribution in [0.25, 0.3) is 0 Å². The summed E-state index contributed by atoms with van der Waals surface area (Å²) in [6.45, 7) is 5.12. The second kappa shape index (κ2) is 8.87. The zero-order valence-corrected chi connectivity index (χ0v) is 13.0. The van der Waals surface area contributed by atoms with E-state index in [0.29, 0.717) is 30.7 Å². The maximum Gasteiger partial charge on any atom is 0.346 e. The van der Waals surface area contributed by atoms with Gasteiger partial charge in [-0.3, -0.25) is 9.69 Å². The summed E-state index contributed by atoms with van der Waals surface area (Å²) in [5.41, 5.74) is 0. The van der Waals surface area contributed by atoms with Crippen molar-refractivity contribution in [2.45, 2.75) is 13.3 Å². The van der Waals surface area contributed by atoms with E-state index in [1.54, 1.807) is 0 Å². The van der Waals surface area contributed by atoms with Crippen LogP contribution in [0.5, 0.6) is 0 Å². The first-order chi connectivity index (χ1) is 8.76. The van der Waals surface area contributed by atoms with Crippen LogP contribution < -0.4 is 10.3 Å². The molecular weight excluding hydrogens is 244 g/mol. The van der Waals surface area contributed by atoms with E-state index in [0.717, 1.165) is 13.0 Å². The molecule has 0 bridgehead atoms. The number of nitrogens with zero attached hydrogens (tertiary/aromatic N) is 2. The van der Waals surface area contributed by atoms with Gasteiger partial charge < -0.3 is 14.9 Å². The van der Waals surface area contributed by atoms with Crippen molar-refractivity contribution in [3.05, 3.63) is 0 Å². The predicted octanol–water partition coefficient (Wildman–Crippen LogP) is -1.81. The van der Waals surface area contributed by atoms with E-state index >= 15 is 0 Å². The fourth-order valence-electron chi connectivity index (χ4n) is 1.89. The van der Waals surface area contributed by atoms with Gasteiger partial charge in [0, 0.05) is 0 Å². The van der Waals surface area contributed by atoms with Crippen LogP contribution in [0.3, 0.4) is 0 Å². The van der Waals surface area contributed by atoms with Gasteiger partial charge in [-0.25, -0.2) is 4.99 Å². The van der Waals surface area contributed by atoms with E-state index in [1.165, 1.54) is 0 Å². The molecule has 0 spiro atoms. The van der Waals surface area contributed by atoms with Gasteiger partial charge in [0.2, 0.25) is 0 Å². The van der Waals surface area contributed by atoms with Crippen LogP contribution >= 0.6 is 0 Å². The van der Waals surface area contributed by atoms with Crippen molar-refractivity contribution < 1.29 is 19.4 Å². The first kappa shape index (κ1) is 17.9. The minimum atomic E-state index is 0.0485. The fourth-order valence-corrected chi connectivity index (χ4v) is 1.89. The summed E-state index contributed by atoms with van der Waals surface area (Å²) < 4.78 is 0.702. The summed E-state index contributed by atoms with van der Waals surface area (Å²) in [6, 6.07) is 0. The number of rotatable bonds is 9. The first-order valence-corrected chi connectivity index (χ1v) is 6.79. The topological polar surface area (TPSA) is 66.5 Å². The van der Waals surface area contributed by atoms with Crippen LogP contribution in [-0.4, -0.2) is 87.2 Å². The number of aliphatic hydroxyl groups is 1. The molecule has 112 valence electrons. The standard InChI is InChI=1S/C13H28N4O2/c1-6-9-17(4,5)11-13(19)15-8-7-14-12(18)10-16(2)3/h6-11H2,1-5H3,(H-,14,15,18,19)/p+2. The monoisotopic (exact) mass is 274 g/mol. The molecule has 0 saturated heterocycles. The van der Waals surface area contributed by atoms with Gasteiger partial charge >= 0.3 is 5.90 Å². The molecular formula is C13H30N4O2+2. The van der Waals surface area contributed by atoms with Gasteiger partial charge in [0.15, 0.2) is 13.1 Å². The Bertz CT molecular complexity index is 301. The van der Waals surface area contributed by atoms with Gasteiger partial charge in [-0.2, -0.15) is 0 Å². The van der Waals surface area contributed by atoms with Crippen LogP contribution in [0, 0.1) is 0 Å². The van der Waals surface area contributed by atoms with Crippen LogP contribution in [0.15, 0.2) is 0 Å². The smallest absolute Gasteiger partial charge is 0.346 e. The minimum Gasteiger partial charge on any atom is -0.463 e. The Morgan fingerprint density at radius 1 is 1.37 bits per heavy atom. The van der Waals surface area contributed by atoms with Crippen molar-refractivity contribution in [1.29, 1.82) is 0 Å². The Labute approximate surface area is 116 Å². The molecule has 0 fully saturated rings. The SMILES string of the molecule is CCC[N+](C)(C)CC(=O)NCC[NH+]=C(O)CN(C)C. The van der Waals surface area contributed by atoms with Gasteiger partial charge in [-0.05, 0) is 20.5 Å². The molecule has 6 nitrogen and oxygen atoms in total. The summed E-state index contributed by atoms with van der Waals surface area (Å²) in [5, 5.41) is 12.3. The van der Waals surface area contributed by atoms with Crippen LogP contribution in [-0.2, 0) is 4.79 Å². The number of carbonyl (C=O) groups is 1. The summed E-state index contributed by atoms with van der Waals surface area (Å²) in [7, 11) is 7.87. The Morgan fingerprint density at radius 2 is 2.00 bits per heavy atom. The van der Waals surface area contributed by atoms with E-state index in [1.807, 2.05) is 19.0 Å². The fraction of sp³-hybridized carbons (Fsp3) is 0.846. The summed E-state index contributed by atoms with van der Waals surface area (Å²) in [5.74, 6) is 0.272. The molecule has 0 aromatic heterocycles. The lowest BCUT2D eigenvalue weighted by Gasteiger charge is -2.28. The first-order valence-electron chi connectivity index (χ1n) is 6.79. The minimum absolute atomic E-state index is 0.0485. The van der Waals surface area contributed by atoms with E-state index in [-0.39, 0.29) is 11.8 Å². The summed E-state index contributed by atoms with van der Waals surface area (Å²) in [4.78, 5) is 16.5. The Hall–Kier alpha value is -1.14. The van der Waals surface area contributed by atoms with Crippen LogP contribution in [0.2, 0.25) is 0 Å². The highest BCUT2D eigenvalue weighted by molar-refractivity contribution is 5.77. The largest absolute Gasteiger partial charge is 0.463 e. The van der Waals surface area contributed by atoms with Crippen molar-refractivity contribution in [1.82, 2.24) is 10.2 Å². The highest BCUT2D eigenvalue weighted by atomic mass is 16.3. The molecule has 0 aromatic carbocycles. The van der Waals surface area contributed by atoms with E-state index in [2.05, 4.69) is 31.3 Å². The lowest BCUT2D eigenvalue weighted by molar-refractivity contribution is -0.882. The Morgan fingerprint density at radius 3 is 2.53 bits per heavy atom. The molecule has 0 saturated carbocycles. The average Bonchev–Trinajstić information content (AvgIpc) is 2.22. The second-order valence-corrected chi connectivity index (χ2v) is 5.78. The Balaban J connectivity index is 3.86. The highest BCUT2D eigenvalue weighted by Gasteiger charge is 2.18. The van der Waals surface area contributed by atoms with Crippen molar-refractivity contribution in [2.75, 3.05) is 60.9 Å². The molecule has 6 heteroatoms. The number of carbonyl (C=O) groups excluding carboxylic acids is 1. The molecule has 1 amide bonds. The van der Waals surface area contributed by atoms with Gasteiger partial charge in [0.05, 0.1) is 27.2 Å². The summed E-state index contributed by atoms with van der Waals surface area (Å²) in [6.07, 6.45) is 1.06. The van der Waals surface area contributed by atoms with E-state index in [9.17, 15) is 9.90 Å². The van der Waals surface area contributed by atoms with Gasteiger partial charge in [0.25, 0.3) is 5.91 Å². The zero-order chi connectivity index (χ0) is 14.9. The maximum absolute atomic E-state index is 11.7. The van der Waals surface area contributed by atoms with Gasteiger partial charge in [0.1, 0.15) is 6.54 Å². The number of likely N-dealkylation sites (N-methyl/N-ethyl adjacent to an activating group) is 2. The molecule has 0 aliphatic rings. The molecule has 0 aliphatic heterocycles. The van der Waals surface area contributed by atoms with E-state index < -0.39 is 0 Å². The van der Waals surface area contributed by atoms with E-state index in [4.69, 9.17) is 0 Å². The molecule has 0 unspecified atom stereocenters. The number of quaternary nitrogens is 1. The second-order valence-electron chi connectivity index (χ2n) is 5.78. The van der Waals surface area contributed by atoms with Crippen molar-refractivity contribution >= 4 is 11.8 Å². The Kier molecular flexibility index (Phi) is 8.34. The number of hydrogen-bond acceptors (Lipinski definition) is 2. The molecule has 0 heterocycles. The van der Waals surface area contributed by atoms with Gasteiger partial charge in [-0.15, -0.1) is 0 Å². The third-order valence-corrected chi connectivity index (χ3v) is 2.64. The van der Waals surface area contributed by atoms with Crippen molar-refractivity contribution in [3.63, 3.8) is 0 Å². The summed E-state index contributed by atoms with van der Waals surface area (Å²) >= 11 is 0. The van der Waals surface area contributed by atoms with Crippen molar-refractivity contribution in [2.24, 2.45) is 0 Å². The molecule has 0 atom stereocenters. The average molecular weight is 274 g/mol.